The average molecular weight is 389 g/mol. The van der Waals surface area contributed by atoms with Crippen LogP contribution in [0.3, 0.4) is 0 Å². The van der Waals surface area contributed by atoms with E-state index in [1.54, 1.807) is 13.2 Å². The van der Waals surface area contributed by atoms with Gasteiger partial charge in [0.05, 0.1) is 26.9 Å². The lowest BCUT2D eigenvalue weighted by atomic mass is 9.97. The van der Waals surface area contributed by atoms with Crippen LogP contribution in [0.5, 0.6) is 11.5 Å². The van der Waals surface area contributed by atoms with Crippen molar-refractivity contribution in [3.8, 4) is 11.5 Å². The summed E-state index contributed by atoms with van der Waals surface area (Å²) in [6.07, 6.45) is 7.40. The fourth-order valence-corrected chi connectivity index (χ4v) is 3.59. The second kappa shape index (κ2) is 10.5. The molecule has 3 rings (SSSR count). The fourth-order valence-electron chi connectivity index (χ4n) is 3.59. The molecule has 2 aliphatic heterocycles. The Kier molecular flexibility index (Phi) is 7.74. The number of nitrogens with zero attached hydrogens (tertiary/aromatic N) is 1. The highest BCUT2D eigenvalue weighted by Crippen LogP contribution is 2.29. The molecule has 2 saturated heterocycles. The first kappa shape index (κ1) is 20.7. The molecule has 154 valence electrons. The summed E-state index contributed by atoms with van der Waals surface area (Å²) in [5, 5.41) is 0. The maximum Gasteiger partial charge on any atom is 0.246 e. The Morgan fingerprint density at radius 1 is 1.29 bits per heavy atom. The first-order valence-electron chi connectivity index (χ1n) is 10.2. The van der Waals surface area contributed by atoms with E-state index in [0.717, 1.165) is 43.5 Å². The second-order valence-corrected chi connectivity index (χ2v) is 7.24. The quantitative estimate of drug-likeness (QED) is 0.503. The van der Waals surface area contributed by atoms with Gasteiger partial charge in [-0.25, -0.2) is 0 Å². The van der Waals surface area contributed by atoms with Crippen LogP contribution >= 0.6 is 0 Å². The molecule has 2 heterocycles. The van der Waals surface area contributed by atoms with Gasteiger partial charge in [0.2, 0.25) is 5.91 Å². The number of carbonyl (C=O) groups is 1. The van der Waals surface area contributed by atoms with Crippen molar-refractivity contribution < 1.29 is 23.7 Å². The lowest BCUT2D eigenvalue weighted by Crippen LogP contribution is -2.43. The van der Waals surface area contributed by atoms with Crippen molar-refractivity contribution in [2.75, 3.05) is 40.0 Å². The fraction of sp³-hybridized carbons (Fsp3) is 0.591. The SMILES string of the molecule is CCCCOc1ccc(/C=C/C(=O)N2CCCC(C3OCCO3)C2)cc1OC. The molecule has 1 aromatic rings. The summed E-state index contributed by atoms with van der Waals surface area (Å²) >= 11 is 0. The highest BCUT2D eigenvalue weighted by Gasteiger charge is 2.32. The Labute approximate surface area is 167 Å². The average Bonchev–Trinajstić information content (AvgIpc) is 3.28. The van der Waals surface area contributed by atoms with Gasteiger partial charge in [-0.15, -0.1) is 0 Å². The molecule has 2 aliphatic rings. The van der Waals surface area contributed by atoms with E-state index >= 15 is 0 Å². The third-order valence-corrected chi connectivity index (χ3v) is 5.16. The van der Waals surface area contributed by atoms with Gasteiger partial charge < -0.3 is 23.8 Å². The van der Waals surface area contributed by atoms with E-state index in [0.29, 0.717) is 32.1 Å². The highest BCUT2D eigenvalue weighted by molar-refractivity contribution is 5.92. The summed E-state index contributed by atoms with van der Waals surface area (Å²) in [6, 6.07) is 5.72. The van der Waals surface area contributed by atoms with Crippen molar-refractivity contribution in [1.82, 2.24) is 4.90 Å². The van der Waals surface area contributed by atoms with E-state index in [4.69, 9.17) is 18.9 Å². The minimum absolute atomic E-state index is 0.0185. The van der Waals surface area contributed by atoms with Gasteiger partial charge in [0, 0.05) is 25.1 Å². The Morgan fingerprint density at radius 3 is 2.86 bits per heavy atom. The molecule has 0 spiro atoms. The van der Waals surface area contributed by atoms with Crippen molar-refractivity contribution in [3.05, 3.63) is 29.8 Å². The molecule has 2 fully saturated rings. The summed E-state index contributed by atoms with van der Waals surface area (Å²) in [7, 11) is 1.63. The van der Waals surface area contributed by atoms with Gasteiger partial charge >= 0.3 is 0 Å². The van der Waals surface area contributed by atoms with Crippen LogP contribution in [0, 0.1) is 5.92 Å². The Balaban J connectivity index is 1.58. The van der Waals surface area contributed by atoms with E-state index in [9.17, 15) is 4.79 Å². The largest absolute Gasteiger partial charge is 0.493 e. The molecule has 0 aliphatic carbocycles. The van der Waals surface area contributed by atoms with Gasteiger partial charge in [-0.2, -0.15) is 0 Å². The number of amides is 1. The zero-order valence-corrected chi connectivity index (χ0v) is 16.9. The van der Waals surface area contributed by atoms with Crippen LogP contribution in [0.15, 0.2) is 24.3 Å². The molecule has 1 aromatic carbocycles. The molecule has 6 nitrogen and oxygen atoms in total. The van der Waals surface area contributed by atoms with Crippen LogP contribution < -0.4 is 9.47 Å². The molecule has 0 bridgehead atoms. The van der Waals surface area contributed by atoms with Gasteiger partial charge in [-0.05, 0) is 43.0 Å². The van der Waals surface area contributed by atoms with E-state index in [1.807, 2.05) is 29.2 Å². The molecular formula is C22H31NO5. The lowest BCUT2D eigenvalue weighted by Gasteiger charge is -2.34. The minimum Gasteiger partial charge on any atom is -0.493 e. The molecule has 0 radical (unpaired) electrons. The van der Waals surface area contributed by atoms with Crippen molar-refractivity contribution in [2.45, 2.75) is 38.9 Å². The van der Waals surface area contributed by atoms with Crippen molar-refractivity contribution in [1.29, 1.82) is 0 Å². The molecular weight excluding hydrogens is 358 g/mol. The number of rotatable bonds is 8. The Bertz CT molecular complexity index is 669. The van der Waals surface area contributed by atoms with E-state index < -0.39 is 0 Å². The van der Waals surface area contributed by atoms with E-state index in [2.05, 4.69) is 6.92 Å². The number of methoxy groups -OCH3 is 1. The standard InChI is InChI=1S/C22H31NO5/c1-3-4-12-26-19-9-7-17(15-20(19)25-2)8-10-21(24)23-11-5-6-18(16-23)22-27-13-14-28-22/h7-10,15,18,22H,3-6,11-14,16H2,1-2H3/b10-8+. The van der Waals surface area contributed by atoms with E-state index in [1.165, 1.54) is 0 Å². The number of carbonyl (C=O) groups excluding carboxylic acids is 1. The van der Waals surface area contributed by atoms with Gasteiger partial charge in [-0.1, -0.05) is 19.4 Å². The van der Waals surface area contributed by atoms with Gasteiger partial charge in [0.15, 0.2) is 17.8 Å². The van der Waals surface area contributed by atoms with Crippen molar-refractivity contribution in [2.24, 2.45) is 5.92 Å². The van der Waals surface area contributed by atoms with Crippen LogP contribution in [0.1, 0.15) is 38.2 Å². The van der Waals surface area contributed by atoms with Crippen molar-refractivity contribution >= 4 is 12.0 Å². The molecule has 1 unspecified atom stereocenters. The van der Waals surface area contributed by atoms with Gasteiger partial charge in [0.1, 0.15) is 0 Å². The van der Waals surface area contributed by atoms with Crippen LogP contribution in [0.4, 0.5) is 0 Å². The summed E-state index contributed by atoms with van der Waals surface area (Å²) in [6.45, 7) is 5.56. The summed E-state index contributed by atoms with van der Waals surface area (Å²) in [5.74, 6) is 1.69. The smallest absolute Gasteiger partial charge is 0.246 e. The van der Waals surface area contributed by atoms with Gasteiger partial charge in [0.25, 0.3) is 0 Å². The second-order valence-electron chi connectivity index (χ2n) is 7.24. The molecule has 6 heteroatoms. The van der Waals surface area contributed by atoms with E-state index in [-0.39, 0.29) is 18.1 Å². The van der Waals surface area contributed by atoms with Crippen LogP contribution in [0.2, 0.25) is 0 Å². The number of unbranched alkanes of at least 4 members (excludes halogenated alkanes) is 1. The number of likely N-dealkylation sites (tertiary alicyclic amines) is 1. The zero-order valence-electron chi connectivity index (χ0n) is 16.9. The first-order valence-corrected chi connectivity index (χ1v) is 10.2. The van der Waals surface area contributed by atoms with Crippen molar-refractivity contribution in [3.63, 3.8) is 0 Å². The monoisotopic (exact) mass is 389 g/mol. The summed E-state index contributed by atoms with van der Waals surface area (Å²) in [4.78, 5) is 14.5. The molecule has 0 N–H and O–H groups in total. The Morgan fingerprint density at radius 2 is 2.11 bits per heavy atom. The van der Waals surface area contributed by atoms with Crippen LogP contribution in [0.25, 0.3) is 6.08 Å². The maximum absolute atomic E-state index is 12.6. The highest BCUT2D eigenvalue weighted by atomic mass is 16.7. The first-order chi connectivity index (χ1) is 13.7. The molecule has 0 aromatic heterocycles. The Hall–Kier alpha value is -2.05. The number of piperidine rings is 1. The topological polar surface area (TPSA) is 57.2 Å². The predicted octanol–water partition coefficient (Wildman–Crippen LogP) is 3.50. The minimum atomic E-state index is -0.163. The molecule has 1 amide bonds. The van der Waals surface area contributed by atoms with Crippen LogP contribution in [-0.4, -0.2) is 57.1 Å². The lowest BCUT2D eigenvalue weighted by molar-refractivity contribution is -0.134. The molecule has 28 heavy (non-hydrogen) atoms. The zero-order chi connectivity index (χ0) is 19.8. The number of ether oxygens (including phenoxy) is 4. The number of benzene rings is 1. The van der Waals surface area contributed by atoms with Crippen LogP contribution in [-0.2, 0) is 14.3 Å². The summed E-state index contributed by atoms with van der Waals surface area (Å²) < 4.78 is 22.4. The third-order valence-electron chi connectivity index (χ3n) is 5.16. The third kappa shape index (κ3) is 5.49. The number of hydrogen-bond donors (Lipinski definition) is 0. The van der Waals surface area contributed by atoms with Gasteiger partial charge in [-0.3, -0.25) is 4.79 Å². The molecule has 1 atom stereocenters. The summed E-state index contributed by atoms with van der Waals surface area (Å²) in [5.41, 5.74) is 0.907. The maximum atomic E-state index is 12.6. The number of hydrogen-bond acceptors (Lipinski definition) is 5. The predicted molar refractivity (Wildman–Crippen MR) is 107 cm³/mol. The molecule has 0 saturated carbocycles. The normalized spacial score (nSPS) is 20.6.